The molecule has 0 radical (unpaired) electrons. The van der Waals surface area contributed by atoms with Crippen molar-refractivity contribution in [2.45, 2.75) is 30.6 Å². The van der Waals surface area contributed by atoms with Gasteiger partial charge in [0.05, 0.1) is 23.8 Å². The summed E-state index contributed by atoms with van der Waals surface area (Å²) >= 11 is 0. The minimum atomic E-state index is -4.34. The van der Waals surface area contributed by atoms with E-state index in [-0.39, 0.29) is 37.0 Å². The van der Waals surface area contributed by atoms with E-state index in [1.807, 2.05) is 19.1 Å². The third kappa shape index (κ3) is 5.29. The zero-order valence-electron chi connectivity index (χ0n) is 20.4. The van der Waals surface area contributed by atoms with Crippen LogP contribution in [0.4, 0.5) is 17.6 Å². The zero-order valence-corrected chi connectivity index (χ0v) is 21.3. The molecule has 2 aromatic carbocycles. The lowest BCUT2D eigenvalue weighted by Gasteiger charge is -2.41. The molecule has 5 rings (SSSR count). The molecule has 38 heavy (non-hydrogen) atoms. The number of sulfonamides is 1. The van der Waals surface area contributed by atoms with Gasteiger partial charge in [-0.2, -0.15) is 22.6 Å². The molecule has 0 saturated carbocycles. The topological polar surface area (TPSA) is 71.3 Å². The highest BCUT2D eigenvalue weighted by atomic mass is 32.2. The molecule has 0 amide bonds. The van der Waals surface area contributed by atoms with Gasteiger partial charge in [-0.05, 0) is 66.6 Å². The van der Waals surface area contributed by atoms with E-state index in [1.54, 1.807) is 40.0 Å². The van der Waals surface area contributed by atoms with Crippen molar-refractivity contribution in [1.29, 1.82) is 0 Å². The number of aryl methyl sites for hydroxylation is 1. The quantitative estimate of drug-likeness (QED) is 0.322. The maximum Gasteiger partial charge on any atom is 0.390 e. The molecule has 1 saturated heterocycles. The van der Waals surface area contributed by atoms with E-state index in [1.165, 1.54) is 28.7 Å². The maximum atomic E-state index is 13.4. The number of hydrogen-bond donors (Lipinski definition) is 0. The normalized spacial score (nSPS) is 17.8. The summed E-state index contributed by atoms with van der Waals surface area (Å²) in [5, 5.41) is 5.05. The summed E-state index contributed by atoms with van der Waals surface area (Å²) in [6.45, 7) is 1.76. The number of benzene rings is 2. The van der Waals surface area contributed by atoms with Crippen LogP contribution in [-0.4, -0.2) is 64.7 Å². The van der Waals surface area contributed by atoms with Crippen molar-refractivity contribution in [2.75, 3.05) is 26.2 Å². The Kier molecular flexibility index (Phi) is 6.97. The Morgan fingerprint density at radius 1 is 1.05 bits per heavy atom. The van der Waals surface area contributed by atoms with Crippen LogP contribution in [0.15, 0.2) is 72.0 Å². The lowest BCUT2D eigenvalue weighted by molar-refractivity contribution is -0.140. The highest BCUT2D eigenvalue weighted by molar-refractivity contribution is 7.89. The van der Waals surface area contributed by atoms with Gasteiger partial charge < -0.3 is 0 Å². The van der Waals surface area contributed by atoms with E-state index < -0.39 is 28.7 Å². The van der Waals surface area contributed by atoms with Crippen molar-refractivity contribution in [1.82, 2.24) is 24.0 Å². The molecule has 12 heteroatoms. The predicted molar refractivity (Wildman–Crippen MR) is 134 cm³/mol. The van der Waals surface area contributed by atoms with Crippen molar-refractivity contribution in [3.05, 3.63) is 83.9 Å². The van der Waals surface area contributed by atoms with Gasteiger partial charge in [-0.1, -0.05) is 6.07 Å². The lowest BCUT2D eigenvalue weighted by atomic mass is 9.96. The smallest absolute Gasteiger partial charge is 0.293 e. The molecule has 1 aliphatic heterocycles. The Balaban J connectivity index is 1.52. The number of alkyl halides is 3. The molecule has 0 spiro atoms. The van der Waals surface area contributed by atoms with Crippen LogP contribution in [-0.2, 0) is 10.0 Å². The summed E-state index contributed by atoms with van der Waals surface area (Å²) in [4.78, 5) is 5.67. The van der Waals surface area contributed by atoms with Crippen LogP contribution in [0.5, 0.6) is 0 Å². The first-order chi connectivity index (χ1) is 18.0. The van der Waals surface area contributed by atoms with Crippen LogP contribution >= 0.6 is 0 Å². The molecule has 0 aliphatic carbocycles. The maximum absolute atomic E-state index is 13.4. The lowest BCUT2D eigenvalue weighted by Crippen LogP contribution is -2.51. The van der Waals surface area contributed by atoms with Crippen molar-refractivity contribution >= 4 is 20.9 Å². The van der Waals surface area contributed by atoms with E-state index in [0.717, 1.165) is 22.0 Å². The van der Waals surface area contributed by atoms with Gasteiger partial charge in [0.1, 0.15) is 5.82 Å². The van der Waals surface area contributed by atoms with E-state index in [9.17, 15) is 26.0 Å². The van der Waals surface area contributed by atoms with E-state index in [2.05, 4.69) is 10.1 Å². The summed E-state index contributed by atoms with van der Waals surface area (Å²) in [6, 6.07) is 13.6. The molecule has 7 nitrogen and oxygen atoms in total. The van der Waals surface area contributed by atoms with Crippen LogP contribution in [0, 0.1) is 12.7 Å². The molecular formula is C26H25F4N5O2S. The van der Waals surface area contributed by atoms with E-state index >= 15 is 0 Å². The second kappa shape index (κ2) is 10.1. The van der Waals surface area contributed by atoms with Gasteiger partial charge in [-0.3, -0.25) is 4.90 Å². The minimum Gasteiger partial charge on any atom is -0.293 e. The number of piperazine rings is 1. The average Bonchev–Trinajstić information content (AvgIpc) is 3.30. The van der Waals surface area contributed by atoms with Crippen LogP contribution in [0.3, 0.4) is 0 Å². The third-order valence-corrected chi connectivity index (χ3v) is 8.55. The fraction of sp³-hybridized carbons (Fsp3) is 0.308. The molecule has 4 aromatic rings. The molecule has 0 N–H and O–H groups in total. The van der Waals surface area contributed by atoms with Gasteiger partial charge in [0.2, 0.25) is 0 Å². The second-order valence-electron chi connectivity index (χ2n) is 9.25. The molecule has 1 unspecified atom stereocenters. The summed E-state index contributed by atoms with van der Waals surface area (Å²) in [6.07, 6.45) is -2.31. The van der Waals surface area contributed by atoms with Crippen LogP contribution < -0.4 is 0 Å². The summed E-state index contributed by atoms with van der Waals surface area (Å²) in [7, 11) is -3.93. The van der Waals surface area contributed by atoms with Crippen molar-refractivity contribution in [3.8, 4) is 5.69 Å². The third-order valence-electron chi connectivity index (χ3n) is 6.76. The average molecular weight is 548 g/mol. The molecule has 3 heterocycles. The van der Waals surface area contributed by atoms with Crippen molar-refractivity contribution < 1.29 is 26.0 Å². The fourth-order valence-electron chi connectivity index (χ4n) is 4.82. The van der Waals surface area contributed by atoms with Gasteiger partial charge >= 0.3 is 6.18 Å². The second-order valence-corrected chi connectivity index (χ2v) is 11.1. The van der Waals surface area contributed by atoms with Gasteiger partial charge in [0.15, 0.2) is 5.03 Å². The van der Waals surface area contributed by atoms with E-state index in [4.69, 9.17) is 0 Å². The number of hydrogen-bond acceptors (Lipinski definition) is 5. The Morgan fingerprint density at radius 2 is 1.82 bits per heavy atom. The summed E-state index contributed by atoms with van der Waals surface area (Å²) < 4.78 is 82.3. The standard InChI is InChI=1S/C26H25F4N5O2S/c1-18-14-23-19(16-32-35(23)21-7-5-20(27)6-8-21)15-22(18)24-17-34(13-12-33(24)11-9-26(28,29)30)38(36,37)25-4-2-3-10-31-25/h2-8,10,14-16,24H,9,11-13,17H2,1H3. The Bertz CT molecular complexity index is 1540. The highest BCUT2D eigenvalue weighted by Gasteiger charge is 2.38. The molecular weight excluding hydrogens is 522 g/mol. The van der Waals surface area contributed by atoms with Crippen molar-refractivity contribution in [2.24, 2.45) is 0 Å². The van der Waals surface area contributed by atoms with Gasteiger partial charge in [-0.15, -0.1) is 0 Å². The Hall–Kier alpha value is -3.35. The first-order valence-electron chi connectivity index (χ1n) is 12.0. The molecule has 200 valence electrons. The largest absolute Gasteiger partial charge is 0.390 e. The SMILES string of the molecule is Cc1cc2c(cnn2-c2ccc(F)cc2)cc1C1CN(S(=O)(=O)c2ccccn2)CCN1CCC(F)(F)F. The van der Waals surface area contributed by atoms with Crippen LogP contribution in [0.1, 0.15) is 23.6 Å². The molecule has 1 atom stereocenters. The number of aromatic nitrogens is 3. The fourth-order valence-corrected chi connectivity index (χ4v) is 6.19. The first-order valence-corrected chi connectivity index (χ1v) is 13.4. The van der Waals surface area contributed by atoms with Crippen molar-refractivity contribution in [3.63, 3.8) is 0 Å². The van der Waals surface area contributed by atoms with Crippen LogP contribution in [0.2, 0.25) is 0 Å². The summed E-state index contributed by atoms with van der Waals surface area (Å²) in [5.74, 6) is -0.370. The van der Waals surface area contributed by atoms with E-state index in [0.29, 0.717) is 5.69 Å². The molecule has 1 aliphatic rings. The molecule has 0 bridgehead atoms. The summed E-state index contributed by atoms with van der Waals surface area (Å²) in [5.41, 5.74) is 2.90. The monoisotopic (exact) mass is 547 g/mol. The minimum absolute atomic E-state index is 0.0186. The number of fused-ring (bicyclic) bond motifs is 1. The molecule has 2 aromatic heterocycles. The predicted octanol–water partition coefficient (Wildman–Crippen LogP) is 4.87. The number of nitrogens with zero attached hydrogens (tertiary/aromatic N) is 5. The number of pyridine rings is 1. The Morgan fingerprint density at radius 3 is 2.50 bits per heavy atom. The molecule has 1 fully saturated rings. The van der Waals surface area contributed by atoms with Gasteiger partial charge in [0, 0.05) is 43.8 Å². The first kappa shape index (κ1) is 26.3. The van der Waals surface area contributed by atoms with Gasteiger partial charge in [0.25, 0.3) is 10.0 Å². The number of halogens is 4. The number of rotatable bonds is 6. The van der Waals surface area contributed by atoms with Gasteiger partial charge in [-0.25, -0.2) is 22.5 Å². The van der Waals surface area contributed by atoms with Crippen LogP contribution in [0.25, 0.3) is 16.6 Å². The zero-order chi connectivity index (χ0) is 27.1. The Labute approximate surface area is 217 Å². The highest BCUT2D eigenvalue weighted by Crippen LogP contribution is 2.34.